The monoisotopic (exact) mass is 116 g/mol. The van der Waals surface area contributed by atoms with Crippen molar-refractivity contribution in [3.8, 4) is 0 Å². The molecule has 3 nitrogen and oxygen atoms in total. The van der Waals surface area contributed by atoms with Gasteiger partial charge in [-0.2, -0.15) is 0 Å². The fourth-order valence-electron chi connectivity index (χ4n) is 0.444. The number of hydrogen-bond donors (Lipinski definition) is 2. The molecule has 0 aromatic carbocycles. The van der Waals surface area contributed by atoms with Crippen molar-refractivity contribution in [2.24, 2.45) is 11.5 Å². The Kier molecular flexibility index (Phi) is 4.26. The Morgan fingerprint density at radius 1 is 1.38 bits per heavy atom. The summed E-state index contributed by atoms with van der Waals surface area (Å²) in [5, 5.41) is 0. The number of primary amides is 1. The third-order valence-corrected chi connectivity index (χ3v) is 0.877. The van der Waals surface area contributed by atoms with E-state index in [-0.39, 0.29) is 5.91 Å². The summed E-state index contributed by atoms with van der Waals surface area (Å²) in [7, 11) is 0. The largest absolute Gasteiger partial charge is 0.370 e. The lowest BCUT2D eigenvalue weighted by atomic mass is 10.2. The van der Waals surface area contributed by atoms with Gasteiger partial charge in [0.15, 0.2) is 0 Å². The number of carbonyl (C=O) groups excluding carboxylic acids is 1. The molecule has 48 valence electrons. The highest BCUT2D eigenvalue weighted by Gasteiger charge is 1.90. The highest BCUT2D eigenvalue weighted by molar-refractivity contribution is 5.73. The van der Waals surface area contributed by atoms with Crippen molar-refractivity contribution in [2.45, 2.75) is 19.3 Å². The van der Waals surface area contributed by atoms with Crippen LogP contribution in [0.5, 0.6) is 0 Å². The van der Waals surface area contributed by atoms with E-state index in [2.05, 4.69) is 0 Å². The summed E-state index contributed by atoms with van der Waals surface area (Å²) < 4.78 is 0. The van der Waals surface area contributed by atoms with Gasteiger partial charge in [-0.3, -0.25) is 4.79 Å². The quantitative estimate of drug-likeness (QED) is 0.491. The van der Waals surface area contributed by atoms with Crippen LogP contribution in [0.2, 0.25) is 0 Å². The normalized spacial score (nSPS) is 9.12. The summed E-state index contributed by atoms with van der Waals surface area (Å²) in [6, 6.07) is 0. The maximum atomic E-state index is 10.1. The average molecular weight is 116 g/mol. The van der Waals surface area contributed by atoms with Crippen LogP contribution in [0.3, 0.4) is 0 Å². The molecule has 0 aromatic rings. The Hall–Kier alpha value is -0.570. The molecule has 0 spiro atoms. The molecule has 0 aliphatic rings. The van der Waals surface area contributed by atoms with Gasteiger partial charge in [-0.05, 0) is 19.4 Å². The van der Waals surface area contributed by atoms with E-state index in [0.29, 0.717) is 13.0 Å². The van der Waals surface area contributed by atoms with Crippen LogP contribution in [0.4, 0.5) is 0 Å². The molecule has 3 heteroatoms. The molecule has 0 fully saturated rings. The van der Waals surface area contributed by atoms with Crippen molar-refractivity contribution >= 4 is 5.91 Å². The van der Waals surface area contributed by atoms with E-state index in [9.17, 15) is 4.79 Å². The summed E-state index contributed by atoms with van der Waals surface area (Å²) in [5.74, 6) is -0.238. The SMILES string of the molecule is NCCCCC(N)=O. The van der Waals surface area contributed by atoms with Gasteiger partial charge in [0.25, 0.3) is 0 Å². The van der Waals surface area contributed by atoms with Crippen molar-refractivity contribution in [3.63, 3.8) is 0 Å². The Morgan fingerprint density at radius 3 is 2.38 bits per heavy atom. The second-order valence-corrected chi connectivity index (χ2v) is 1.71. The molecule has 0 heterocycles. The van der Waals surface area contributed by atoms with Crippen LogP contribution in [0, 0.1) is 0 Å². The van der Waals surface area contributed by atoms with Crippen molar-refractivity contribution in [3.05, 3.63) is 0 Å². The standard InChI is InChI=1S/C5H12N2O/c6-4-2-1-3-5(7)8/h1-4,6H2,(H2,7,8). The fraction of sp³-hybridized carbons (Fsp3) is 0.800. The molecule has 4 N–H and O–H groups in total. The summed E-state index contributed by atoms with van der Waals surface area (Å²) in [6.45, 7) is 0.646. The predicted molar refractivity (Wildman–Crippen MR) is 32.1 cm³/mol. The summed E-state index contributed by atoms with van der Waals surface area (Å²) in [6.07, 6.45) is 2.19. The number of carbonyl (C=O) groups is 1. The smallest absolute Gasteiger partial charge is 0.217 e. The molecular formula is C5H12N2O. The number of hydrogen-bond acceptors (Lipinski definition) is 2. The van der Waals surface area contributed by atoms with Gasteiger partial charge in [-0.15, -0.1) is 0 Å². The van der Waals surface area contributed by atoms with E-state index < -0.39 is 0 Å². The fourth-order valence-corrected chi connectivity index (χ4v) is 0.444. The first-order valence-electron chi connectivity index (χ1n) is 2.75. The Morgan fingerprint density at radius 2 is 2.00 bits per heavy atom. The van der Waals surface area contributed by atoms with Crippen LogP contribution in [-0.2, 0) is 4.79 Å². The topological polar surface area (TPSA) is 69.1 Å². The maximum absolute atomic E-state index is 10.1. The molecule has 0 radical (unpaired) electrons. The van der Waals surface area contributed by atoms with E-state index in [1.54, 1.807) is 0 Å². The molecular weight excluding hydrogens is 104 g/mol. The minimum Gasteiger partial charge on any atom is -0.370 e. The highest BCUT2D eigenvalue weighted by atomic mass is 16.1. The molecule has 8 heavy (non-hydrogen) atoms. The van der Waals surface area contributed by atoms with E-state index in [0.717, 1.165) is 12.8 Å². The minimum absolute atomic E-state index is 0.238. The number of amides is 1. The van der Waals surface area contributed by atoms with Crippen molar-refractivity contribution in [1.82, 2.24) is 0 Å². The van der Waals surface area contributed by atoms with Gasteiger partial charge in [0.2, 0.25) is 5.91 Å². The van der Waals surface area contributed by atoms with Crippen LogP contribution in [0.15, 0.2) is 0 Å². The summed E-state index contributed by atoms with van der Waals surface area (Å²) in [5.41, 5.74) is 10.0. The maximum Gasteiger partial charge on any atom is 0.217 e. The van der Waals surface area contributed by atoms with Crippen LogP contribution < -0.4 is 11.5 Å². The molecule has 0 aliphatic carbocycles. The third kappa shape index (κ3) is 5.43. The van der Waals surface area contributed by atoms with Gasteiger partial charge < -0.3 is 11.5 Å². The van der Waals surface area contributed by atoms with Gasteiger partial charge in [0.1, 0.15) is 0 Å². The highest BCUT2D eigenvalue weighted by Crippen LogP contribution is 1.89. The molecule has 0 atom stereocenters. The first kappa shape index (κ1) is 7.43. The molecule has 0 aromatic heterocycles. The first-order valence-corrected chi connectivity index (χ1v) is 2.75. The number of unbranched alkanes of at least 4 members (excludes halogenated alkanes) is 1. The molecule has 0 bridgehead atoms. The third-order valence-electron chi connectivity index (χ3n) is 0.877. The molecule has 0 saturated carbocycles. The number of rotatable bonds is 4. The van der Waals surface area contributed by atoms with Crippen LogP contribution in [0.1, 0.15) is 19.3 Å². The van der Waals surface area contributed by atoms with Gasteiger partial charge in [-0.1, -0.05) is 0 Å². The van der Waals surface area contributed by atoms with Crippen molar-refractivity contribution in [1.29, 1.82) is 0 Å². The lowest BCUT2D eigenvalue weighted by Crippen LogP contribution is -2.10. The van der Waals surface area contributed by atoms with E-state index in [1.165, 1.54) is 0 Å². The Labute approximate surface area is 49.0 Å². The molecule has 0 saturated heterocycles. The average Bonchev–Trinajstić information content (AvgIpc) is 1.66. The second kappa shape index (κ2) is 4.59. The Bertz CT molecular complexity index is 72.8. The first-order chi connectivity index (χ1) is 3.77. The van der Waals surface area contributed by atoms with Gasteiger partial charge in [0, 0.05) is 6.42 Å². The summed E-state index contributed by atoms with van der Waals surface area (Å²) >= 11 is 0. The predicted octanol–water partition coefficient (Wildman–Crippen LogP) is -0.399. The number of nitrogens with two attached hydrogens (primary N) is 2. The van der Waals surface area contributed by atoms with Crippen molar-refractivity contribution in [2.75, 3.05) is 6.54 Å². The zero-order chi connectivity index (χ0) is 6.41. The Balaban J connectivity index is 2.82. The zero-order valence-corrected chi connectivity index (χ0v) is 4.89. The van der Waals surface area contributed by atoms with E-state index >= 15 is 0 Å². The van der Waals surface area contributed by atoms with Crippen LogP contribution in [-0.4, -0.2) is 12.5 Å². The second-order valence-electron chi connectivity index (χ2n) is 1.71. The molecule has 1 amide bonds. The van der Waals surface area contributed by atoms with Crippen molar-refractivity contribution < 1.29 is 4.79 Å². The summed E-state index contributed by atoms with van der Waals surface area (Å²) in [4.78, 5) is 10.1. The van der Waals surface area contributed by atoms with Gasteiger partial charge in [-0.25, -0.2) is 0 Å². The van der Waals surface area contributed by atoms with Crippen LogP contribution in [0.25, 0.3) is 0 Å². The lowest BCUT2D eigenvalue weighted by molar-refractivity contribution is -0.118. The lowest BCUT2D eigenvalue weighted by Gasteiger charge is -1.90. The molecule has 0 rings (SSSR count). The zero-order valence-electron chi connectivity index (χ0n) is 4.89. The van der Waals surface area contributed by atoms with E-state index in [4.69, 9.17) is 11.5 Å². The van der Waals surface area contributed by atoms with Gasteiger partial charge >= 0.3 is 0 Å². The molecule has 0 unspecified atom stereocenters. The van der Waals surface area contributed by atoms with E-state index in [1.807, 2.05) is 0 Å². The minimum atomic E-state index is -0.238. The van der Waals surface area contributed by atoms with Gasteiger partial charge in [0.05, 0.1) is 0 Å². The molecule has 0 aliphatic heterocycles. The van der Waals surface area contributed by atoms with Crippen LogP contribution >= 0.6 is 0 Å².